The molecule has 1 heterocycles. The minimum Gasteiger partial charge on any atom is -0.481 e. The number of ether oxygens (including phenoxy) is 1. The molecule has 1 aliphatic carbocycles. The molecular formula is C14H21N3O3. The van der Waals surface area contributed by atoms with Crippen LogP contribution in [0.2, 0.25) is 0 Å². The Morgan fingerprint density at radius 2 is 2.25 bits per heavy atom. The van der Waals surface area contributed by atoms with E-state index in [1.165, 1.54) is 0 Å². The average Bonchev–Trinajstić information content (AvgIpc) is 2.65. The Balaban J connectivity index is 2.09. The van der Waals surface area contributed by atoms with Crippen LogP contribution in [0.3, 0.4) is 0 Å². The summed E-state index contributed by atoms with van der Waals surface area (Å²) in [6.45, 7) is 2.43. The van der Waals surface area contributed by atoms with E-state index in [1.54, 1.807) is 12.3 Å². The van der Waals surface area contributed by atoms with Gasteiger partial charge in [-0.3, -0.25) is 4.79 Å². The molecule has 1 aromatic heterocycles. The highest BCUT2D eigenvalue weighted by atomic mass is 16.5. The zero-order valence-corrected chi connectivity index (χ0v) is 11.7. The lowest BCUT2D eigenvalue weighted by molar-refractivity contribution is -0.142. The van der Waals surface area contributed by atoms with Crippen molar-refractivity contribution in [3.8, 4) is 5.88 Å². The largest absolute Gasteiger partial charge is 0.481 e. The molecule has 2 unspecified atom stereocenters. The molecule has 0 bridgehead atoms. The fraction of sp³-hybridized carbons (Fsp3) is 0.643. The molecule has 0 aromatic carbocycles. The summed E-state index contributed by atoms with van der Waals surface area (Å²) in [7, 11) is 0. The number of hydrogen-bond donors (Lipinski definition) is 2. The van der Waals surface area contributed by atoms with Crippen LogP contribution in [0.25, 0.3) is 0 Å². The van der Waals surface area contributed by atoms with Gasteiger partial charge in [-0.25, -0.2) is 4.98 Å². The molecule has 2 N–H and O–H groups in total. The number of aromatic nitrogens is 2. The van der Waals surface area contributed by atoms with Gasteiger partial charge in [-0.2, -0.15) is 4.98 Å². The van der Waals surface area contributed by atoms with Crippen molar-refractivity contribution in [2.24, 2.45) is 5.92 Å². The standard InChI is InChI=1S/C14H21N3O3/c1-2-20-12-8-9-15-14(17-12)16-11-7-5-3-4-6-10(11)13(18)19/h8-11H,2-7H2,1H3,(H,18,19)(H,15,16,17). The van der Waals surface area contributed by atoms with Crippen LogP contribution in [0.15, 0.2) is 12.3 Å². The smallest absolute Gasteiger partial charge is 0.308 e. The van der Waals surface area contributed by atoms with Gasteiger partial charge < -0.3 is 15.2 Å². The first-order valence-electron chi connectivity index (χ1n) is 7.16. The molecule has 2 atom stereocenters. The molecule has 0 saturated heterocycles. The number of rotatable bonds is 5. The van der Waals surface area contributed by atoms with E-state index in [9.17, 15) is 9.90 Å². The highest BCUT2D eigenvalue weighted by molar-refractivity contribution is 5.71. The summed E-state index contributed by atoms with van der Waals surface area (Å²) in [5.74, 6) is -0.179. The molecule has 1 aliphatic rings. The Labute approximate surface area is 118 Å². The summed E-state index contributed by atoms with van der Waals surface area (Å²) in [5.41, 5.74) is 0. The van der Waals surface area contributed by atoms with Crippen LogP contribution >= 0.6 is 0 Å². The zero-order valence-electron chi connectivity index (χ0n) is 11.7. The molecule has 1 saturated carbocycles. The van der Waals surface area contributed by atoms with Crippen molar-refractivity contribution in [2.45, 2.75) is 45.1 Å². The predicted octanol–water partition coefficient (Wildman–Crippen LogP) is 2.32. The number of carboxylic acid groups (broad SMARTS) is 1. The van der Waals surface area contributed by atoms with Crippen molar-refractivity contribution in [1.82, 2.24) is 9.97 Å². The van der Waals surface area contributed by atoms with Crippen LogP contribution in [0.1, 0.15) is 39.0 Å². The van der Waals surface area contributed by atoms with Gasteiger partial charge in [0.15, 0.2) is 0 Å². The number of hydrogen-bond acceptors (Lipinski definition) is 5. The summed E-state index contributed by atoms with van der Waals surface area (Å²) in [5, 5.41) is 12.5. The highest BCUT2D eigenvalue weighted by Crippen LogP contribution is 2.26. The molecule has 6 heteroatoms. The topological polar surface area (TPSA) is 84.3 Å². The summed E-state index contributed by atoms with van der Waals surface area (Å²) < 4.78 is 5.33. The van der Waals surface area contributed by atoms with Crippen molar-refractivity contribution < 1.29 is 14.6 Å². The van der Waals surface area contributed by atoms with E-state index in [0.717, 1.165) is 25.7 Å². The molecule has 0 radical (unpaired) electrons. The van der Waals surface area contributed by atoms with Gasteiger partial charge in [0.1, 0.15) is 0 Å². The Hall–Kier alpha value is -1.85. The van der Waals surface area contributed by atoms with Gasteiger partial charge in [0.05, 0.1) is 12.5 Å². The number of nitrogens with one attached hydrogen (secondary N) is 1. The quantitative estimate of drug-likeness (QED) is 0.805. The third kappa shape index (κ3) is 3.82. The molecule has 0 spiro atoms. The second-order valence-electron chi connectivity index (χ2n) is 4.99. The first-order chi connectivity index (χ1) is 9.70. The molecule has 0 amide bonds. The molecule has 1 aromatic rings. The van der Waals surface area contributed by atoms with Crippen LogP contribution in [-0.4, -0.2) is 33.7 Å². The molecule has 6 nitrogen and oxygen atoms in total. The molecule has 0 aliphatic heterocycles. The van der Waals surface area contributed by atoms with Crippen molar-refractivity contribution in [2.75, 3.05) is 11.9 Å². The fourth-order valence-corrected chi connectivity index (χ4v) is 2.58. The maximum atomic E-state index is 11.4. The second-order valence-corrected chi connectivity index (χ2v) is 4.99. The van der Waals surface area contributed by atoms with Crippen molar-refractivity contribution in [3.05, 3.63) is 12.3 Å². The van der Waals surface area contributed by atoms with Crippen LogP contribution in [-0.2, 0) is 4.79 Å². The first kappa shape index (κ1) is 14.6. The van der Waals surface area contributed by atoms with Crippen LogP contribution in [0, 0.1) is 5.92 Å². The molecule has 2 rings (SSSR count). The van der Waals surface area contributed by atoms with Crippen LogP contribution in [0.4, 0.5) is 5.95 Å². The lowest BCUT2D eigenvalue weighted by atomic mass is 9.95. The Morgan fingerprint density at radius 3 is 3.00 bits per heavy atom. The Kier molecular flexibility index (Phi) is 5.15. The third-order valence-corrected chi connectivity index (χ3v) is 3.57. The van der Waals surface area contributed by atoms with E-state index in [-0.39, 0.29) is 12.0 Å². The molecule has 110 valence electrons. The maximum absolute atomic E-state index is 11.4. The van der Waals surface area contributed by atoms with Gasteiger partial charge in [-0.15, -0.1) is 0 Å². The summed E-state index contributed by atoms with van der Waals surface area (Å²) in [6, 6.07) is 1.57. The van der Waals surface area contributed by atoms with Gasteiger partial charge in [-0.05, 0) is 19.8 Å². The highest BCUT2D eigenvalue weighted by Gasteiger charge is 2.29. The minimum absolute atomic E-state index is 0.119. The van der Waals surface area contributed by atoms with Gasteiger partial charge >= 0.3 is 5.97 Å². The first-order valence-corrected chi connectivity index (χ1v) is 7.16. The summed E-state index contributed by atoms with van der Waals surface area (Å²) in [4.78, 5) is 19.8. The van der Waals surface area contributed by atoms with Crippen molar-refractivity contribution in [1.29, 1.82) is 0 Å². The van der Waals surface area contributed by atoms with E-state index >= 15 is 0 Å². The fourth-order valence-electron chi connectivity index (χ4n) is 2.58. The Morgan fingerprint density at radius 1 is 1.45 bits per heavy atom. The monoisotopic (exact) mass is 279 g/mol. The van der Waals surface area contributed by atoms with Gasteiger partial charge in [-0.1, -0.05) is 19.3 Å². The van der Waals surface area contributed by atoms with E-state index in [1.807, 2.05) is 6.92 Å². The van der Waals surface area contributed by atoms with Crippen molar-refractivity contribution >= 4 is 11.9 Å². The van der Waals surface area contributed by atoms with Gasteiger partial charge in [0, 0.05) is 18.3 Å². The van der Waals surface area contributed by atoms with E-state index in [0.29, 0.717) is 24.9 Å². The van der Waals surface area contributed by atoms with E-state index in [2.05, 4.69) is 15.3 Å². The SMILES string of the molecule is CCOc1ccnc(NC2CCCCCC2C(=O)O)n1. The average molecular weight is 279 g/mol. The van der Waals surface area contributed by atoms with Gasteiger partial charge in [0.25, 0.3) is 0 Å². The predicted molar refractivity (Wildman–Crippen MR) is 74.8 cm³/mol. The number of carboxylic acids is 1. The molecule has 1 fully saturated rings. The number of carbonyl (C=O) groups is 1. The van der Waals surface area contributed by atoms with E-state index < -0.39 is 5.97 Å². The summed E-state index contributed by atoms with van der Waals surface area (Å²) in [6.07, 6.45) is 6.24. The Bertz CT molecular complexity index is 453. The number of anilines is 1. The lowest BCUT2D eigenvalue weighted by Crippen LogP contribution is -2.34. The van der Waals surface area contributed by atoms with E-state index in [4.69, 9.17) is 4.74 Å². The molecular weight excluding hydrogens is 258 g/mol. The molecule has 20 heavy (non-hydrogen) atoms. The zero-order chi connectivity index (χ0) is 14.4. The minimum atomic E-state index is -0.745. The van der Waals surface area contributed by atoms with Crippen LogP contribution in [0.5, 0.6) is 5.88 Å². The van der Waals surface area contributed by atoms with Crippen LogP contribution < -0.4 is 10.1 Å². The third-order valence-electron chi connectivity index (χ3n) is 3.57. The normalized spacial score (nSPS) is 22.9. The summed E-state index contributed by atoms with van der Waals surface area (Å²) >= 11 is 0. The number of nitrogens with zero attached hydrogens (tertiary/aromatic N) is 2. The number of aliphatic carboxylic acids is 1. The second kappa shape index (κ2) is 7.07. The van der Waals surface area contributed by atoms with Gasteiger partial charge in [0.2, 0.25) is 11.8 Å². The van der Waals surface area contributed by atoms with Crippen molar-refractivity contribution in [3.63, 3.8) is 0 Å². The lowest BCUT2D eigenvalue weighted by Gasteiger charge is -2.22. The maximum Gasteiger partial charge on any atom is 0.308 e.